The summed E-state index contributed by atoms with van der Waals surface area (Å²) < 4.78 is 0. The Bertz CT molecular complexity index is 1100. The number of benzene rings is 2. The van der Waals surface area contributed by atoms with Crippen molar-refractivity contribution in [1.29, 1.82) is 0 Å². The average Bonchev–Trinajstić information content (AvgIpc) is 2.88. The Morgan fingerprint density at radius 1 is 1.03 bits per heavy atom. The second-order valence-corrected chi connectivity index (χ2v) is 8.92. The van der Waals surface area contributed by atoms with Crippen molar-refractivity contribution in [3.63, 3.8) is 0 Å². The summed E-state index contributed by atoms with van der Waals surface area (Å²) in [6.07, 6.45) is 5.70. The monoisotopic (exact) mass is 441 g/mol. The minimum Gasteiger partial charge on any atom is -0.359 e. The Morgan fingerprint density at radius 2 is 1.73 bits per heavy atom. The number of nitrogens with one attached hydrogen (secondary N) is 1. The second-order valence-electron chi connectivity index (χ2n) is 8.92. The summed E-state index contributed by atoms with van der Waals surface area (Å²) in [4.78, 5) is 32.7. The standard InChI is InChI=1S/C28H31N3O2/c1-21(22-9-4-3-5-10-22)26(32)31-18-8-15-28(20-31,27(33)29-2)19-24-11-6-7-12-25(24)23-13-16-30-17-14-23/h3-7,9-14,16-17,21H,8,15,18-20H2,1-2H3,(H,29,33). The Balaban J connectivity index is 1.64. The Hall–Kier alpha value is -3.47. The van der Waals surface area contributed by atoms with E-state index in [-0.39, 0.29) is 17.7 Å². The van der Waals surface area contributed by atoms with Gasteiger partial charge < -0.3 is 10.2 Å². The van der Waals surface area contributed by atoms with Crippen molar-refractivity contribution < 1.29 is 9.59 Å². The number of hydrogen-bond acceptors (Lipinski definition) is 3. The Morgan fingerprint density at radius 3 is 2.45 bits per heavy atom. The minimum atomic E-state index is -0.664. The minimum absolute atomic E-state index is 0.00287. The van der Waals surface area contributed by atoms with Crippen LogP contribution >= 0.6 is 0 Å². The maximum Gasteiger partial charge on any atom is 0.229 e. The molecule has 1 saturated heterocycles. The molecule has 2 atom stereocenters. The fourth-order valence-electron chi connectivity index (χ4n) is 5.01. The number of rotatable bonds is 6. The highest BCUT2D eigenvalue weighted by atomic mass is 16.2. The van der Waals surface area contributed by atoms with Crippen LogP contribution in [0, 0.1) is 5.41 Å². The Labute approximate surface area is 195 Å². The van der Waals surface area contributed by atoms with Crippen molar-refractivity contribution in [1.82, 2.24) is 15.2 Å². The number of carbonyl (C=O) groups is 2. The molecule has 1 aliphatic heterocycles. The average molecular weight is 442 g/mol. The maximum absolute atomic E-state index is 13.4. The lowest BCUT2D eigenvalue weighted by molar-refractivity contribution is -0.142. The molecule has 4 rings (SSSR count). The van der Waals surface area contributed by atoms with Gasteiger partial charge in [-0.15, -0.1) is 0 Å². The molecule has 5 heteroatoms. The lowest BCUT2D eigenvalue weighted by Crippen LogP contribution is -2.54. The van der Waals surface area contributed by atoms with Crippen molar-refractivity contribution in [2.75, 3.05) is 20.1 Å². The van der Waals surface area contributed by atoms with Gasteiger partial charge in [-0.3, -0.25) is 14.6 Å². The molecule has 33 heavy (non-hydrogen) atoms. The molecule has 0 radical (unpaired) electrons. The summed E-state index contributed by atoms with van der Waals surface area (Å²) >= 11 is 0. The lowest BCUT2D eigenvalue weighted by Gasteiger charge is -2.42. The van der Waals surface area contributed by atoms with Crippen LogP contribution in [-0.2, 0) is 16.0 Å². The fourth-order valence-corrected chi connectivity index (χ4v) is 5.01. The highest BCUT2D eigenvalue weighted by Gasteiger charge is 2.44. The van der Waals surface area contributed by atoms with E-state index in [0.29, 0.717) is 19.5 Å². The molecule has 170 valence electrons. The van der Waals surface area contributed by atoms with Gasteiger partial charge in [-0.1, -0.05) is 54.6 Å². The summed E-state index contributed by atoms with van der Waals surface area (Å²) in [5.74, 6) is -0.163. The fraction of sp³-hybridized carbons (Fsp3) is 0.321. The first-order chi connectivity index (χ1) is 16.0. The SMILES string of the molecule is CNC(=O)C1(Cc2ccccc2-c2ccncc2)CCCN(C(=O)C(C)c2ccccc2)C1. The van der Waals surface area contributed by atoms with Crippen LogP contribution < -0.4 is 5.32 Å². The van der Waals surface area contributed by atoms with Crippen LogP contribution in [-0.4, -0.2) is 41.8 Å². The van der Waals surface area contributed by atoms with E-state index in [2.05, 4.69) is 22.4 Å². The van der Waals surface area contributed by atoms with Crippen LogP contribution in [0.2, 0.25) is 0 Å². The first-order valence-electron chi connectivity index (χ1n) is 11.6. The number of pyridine rings is 1. The summed E-state index contributed by atoms with van der Waals surface area (Å²) in [5.41, 5.74) is 3.63. The molecule has 1 fully saturated rings. The van der Waals surface area contributed by atoms with Crippen molar-refractivity contribution in [3.05, 3.63) is 90.3 Å². The van der Waals surface area contributed by atoms with E-state index in [1.807, 2.05) is 66.4 Å². The number of aromatic nitrogens is 1. The molecule has 3 aromatic rings. The van der Waals surface area contributed by atoms with Crippen LogP contribution in [0.4, 0.5) is 0 Å². The summed E-state index contributed by atoms with van der Waals surface area (Å²) in [6.45, 7) is 3.06. The summed E-state index contributed by atoms with van der Waals surface area (Å²) in [6, 6.07) is 22.0. The van der Waals surface area contributed by atoms with Gasteiger partial charge in [-0.2, -0.15) is 0 Å². The molecule has 2 unspecified atom stereocenters. The molecule has 2 aromatic carbocycles. The normalized spacial score (nSPS) is 19.0. The first-order valence-corrected chi connectivity index (χ1v) is 11.6. The van der Waals surface area contributed by atoms with Gasteiger partial charge in [0.15, 0.2) is 0 Å². The van der Waals surface area contributed by atoms with Gasteiger partial charge in [0.1, 0.15) is 0 Å². The first kappa shape index (κ1) is 22.7. The molecule has 5 nitrogen and oxygen atoms in total. The van der Waals surface area contributed by atoms with Crippen LogP contribution in [0.25, 0.3) is 11.1 Å². The summed E-state index contributed by atoms with van der Waals surface area (Å²) in [7, 11) is 1.69. The van der Waals surface area contributed by atoms with E-state index >= 15 is 0 Å². The molecule has 0 bridgehead atoms. The van der Waals surface area contributed by atoms with E-state index in [4.69, 9.17) is 0 Å². The number of piperidine rings is 1. The third-order valence-corrected chi connectivity index (χ3v) is 6.80. The molecule has 0 spiro atoms. The topological polar surface area (TPSA) is 62.3 Å². The molecule has 2 amide bonds. The Kier molecular flexibility index (Phi) is 6.87. The number of amides is 2. The smallest absolute Gasteiger partial charge is 0.229 e. The largest absolute Gasteiger partial charge is 0.359 e. The number of carbonyl (C=O) groups excluding carboxylic acids is 2. The van der Waals surface area contributed by atoms with Crippen molar-refractivity contribution in [3.8, 4) is 11.1 Å². The van der Waals surface area contributed by atoms with Gasteiger partial charge in [0.25, 0.3) is 0 Å². The quantitative estimate of drug-likeness (QED) is 0.615. The predicted molar refractivity (Wildman–Crippen MR) is 131 cm³/mol. The van der Waals surface area contributed by atoms with Crippen LogP contribution in [0.15, 0.2) is 79.1 Å². The van der Waals surface area contributed by atoms with Crippen LogP contribution in [0.3, 0.4) is 0 Å². The highest BCUT2D eigenvalue weighted by Crippen LogP contribution is 2.38. The van der Waals surface area contributed by atoms with Gasteiger partial charge in [0.2, 0.25) is 11.8 Å². The lowest BCUT2D eigenvalue weighted by atomic mass is 9.73. The van der Waals surface area contributed by atoms with Crippen molar-refractivity contribution in [2.45, 2.75) is 32.1 Å². The molecule has 0 saturated carbocycles. The van der Waals surface area contributed by atoms with Crippen molar-refractivity contribution in [2.24, 2.45) is 5.41 Å². The van der Waals surface area contributed by atoms with Crippen LogP contribution in [0.5, 0.6) is 0 Å². The third-order valence-electron chi connectivity index (χ3n) is 6.80. The molecular weight excluding hydrogens is 410 g/mol. The molecule has 1 aliphatic rings. The molecular formula is C28H31N3O2. The predicted octanol–water partition coefficient (Wildman–Crippen LogP) is 4.45. The molecule has 2 heterocycles. The zero-order valence-electron chi connectivity index (χ0n) is 19.3. The number of likely N-dealkylation sites (tertiary alicyclic amines) is 1. The second kappa shape index (κ2) is 9.99. The molecule has 1 N–H and O–H groups in total. The van der Waals surface area contributed by atoms with Gasteiger partial charge in [0.05, 0.1) is 11.3 Å². The summed E-state index contributed by atoms with van der Waals surface area (Å²) in [5, 5.41) is 2.89. The van der Waals surface area contributed by atoms with E-state index in [0.717, 1.165) is 35.1 Å². The van der Waals surface area contributed by atoms with Gasteiger partial charge in [-0.05, 0) is 60.6 Å². The highest BCUT2D eigenvalue weighted by molar-refractivity contribution is 5.87. The number of hydrogen-bond donors (Lipinski definition) is 1. The van der Waals surface area contributed by atoms with Crippen molar-refractivity contribution >= 4 is 11.8 Å². The zero-order chi connectivity index (χ0) is 23.3. The van der Waals surface area contributed by atoms with Gasteiger partial charge >= 0.3 is 0 Å². The number of nitrogens with zero attached hydrogens (tertiary/aromatic N) is 2. The molecule has 1 aromatic heterocycles. The van der Waals surface area contributed by atoms with E-state index in [1.165, 1.54) is 0 Å². The van der Waals surface area contributed by atoms with E-state index in [1.54, 1.807) is 19.4 Å². The van der Waals surface area contributed by atoms with Gasteiger partial charge in [0, 0.05) is 32.5 Å². The maximum atomic E-state index is 13.4. The zero-order valence-corrected chi connectivity index (χ0v) is 19.3. The van der Waals surface area contributed by atoms with Crippen LogP contribution in [0.1, 0.15) is 36.8 Å². The molecule has 0 aliphatic carbocycles. The van der Waals surface area contributed by atoms with E-state index < -0.39 is 5.41 Å². The third kappa shape index (κ3) is 4.82. The van der Waals surface area contributed by atoms with E-state index in [9.17, 15) is 9.59 Å². The van der Waals surface area contributed by atoms with Gasteiger partial charge in [-0.25, -0.2) is 0 Å².